The zero-order chi connectivity index (χ0) is 24.3. The quantitative estimate of drug-likeness (QED) is 0.553. The lowest BCUT2D eigenvalue weighted by atomic mass is 9.95. The number of piperidine rings is 1. The van der Waals surface area contributed by atoms with E-state index >= 15 is 0 Å². The van der Waals surface area contributed by atoms with Crippen LogP contribution < -0.4 is 10.6 Å². The number of anilines is 1. The van der Waals surface area contributed by atoms with Gasteiger partial charge in [-0.3, -0.25) is 19.2 Å². The number of methoxy groups -OCH3 is 1. The van der Waals surface area contributed by atoms with Gasteiger partial charge in [0.05, 0.1) is 13.5 Å². The van der Waals surface area contributed by atoms with Crippen LogP contribution in [0, 0.1) is 5.92 Å². The van der Waals surface area contributed by atoms with Crippen LogP contribution in [0.15, 0.2) is 54.6 Å². The molecule has 8 heteroatoms. The highest BCUT2D eigenvalue weighted by atomic mass is 16.5. The number of likely N-dealkylation sites (tertiary alicyclic amines) is 1. The Labute approximate surface area is 199 Å². The third-order valence-corrected chi connectivity index (χ3v) is 5.93. The van der Waals surface area contributed by atoms with Gasteiger partial charge in [0.15, 0.2) is 0 Å². The minimum absolute atomic E-state index is 0.0556. The summed E-state index contributed by atoms with van der Waals surface area (Å²) in [6.07, 6.45) is 2.61. The summed E-state index contributed by atoms with van der Waals surface area (Å²) >= 11 is 0. The van der Waals surface area contributed by atoms with E-state index in [9.17, 15) is 19.2 Å². The van der Waals surface area contributed by atoms with Crippen molar-refractivity contribution >= 4 is 29.4 Å². The Morgan fingerprint density at radius 2 is 1.62 bits per heavy atom. The van der Waals surface area contributed by atoms with Gasteiger partial charge in [0.1, 0.15) is 6.54 Å². The predicted molar refractivity (Wildman–Crippen MR) is 128 cm³/mol. The van der Waals surface area contributed by atoms with E-state index in [1.165, 1.54) is 7.11 Å². The van der Waals surface area contributed by atoms with Gasteiger partial charge in [-0.05, 0) is 42.5 Å². The first-order valence-corrected chi connectivity index (χ1v) is 11.5. The van der Waals surface area contributed by atoms with Crippen molar-refractivity contribution in [3.8, 4) is 0 Å². The summed E-state index contributed by atoms with van der Waals surface area (Å²) in [5.74, 6) is -0.850. The molecule has 34 heavy (non-hydrogen) atoms. The zero-order valence-corrected chi connectivity index (χ0v) is 19.4. The van der Waals surface area contributed by atoms with E-state index in [-0.39, 0.29) is 36.6 Å². The molecule has 2 aromatic carbocycles. The first-order valence-electron chi connectivity index (χ1n) is 11.5. The number of hydrogen-bond acceptors (Lipinski definition) is 5. The number of carbonyl (C=O) groups excluding carboxylic acids is 4. The SMILES string of the molecule is COC(=O)CNC(=O)Cc1ccc(NC(=O)C2CCN(C(=O)CCc3ccccc3)CC2)cc1. The van der Waals surface area contributed by atoms with E-state index in [2.05, 4.69) is 15.4 Å². The van der Waals surface area contributed by atoms with Gasteiger partial charge >= 0.3 is 5.97 Å². The molecule has 1 heterocycles. The van der Waals surface area contributed by atoms with Crippen molar-refractivity contribution in [3.63, 3.8) is 0 Å². The van der Waals surface area contributed by atoms with Gasteiger partial charge in [-0.1, -0.05) is 42.5 Å². The Balaban J connectivity index is 1.39. The van der Waals surface area contributed by atoms with E-state index in [1.807, 2.05) is 35.2 Å². The summed E-state index contributed by atoms with van der Waals surface area (Å²) in [7, 11) is 1.26. The lowest BCUT2D eigenvalue weighted by Gasteiger charge is -2.31. The molecule has 0 atom stereocenters. The standard InChI is InChI=1S/C26H31N3O5/c1-34-25(32)18-27-23(30)17-20-7-10-22(11-8-20)28-26(33)21-13-15-29(16-14-21)24(31)12-9-19-5-3-2-4-6-19/h2-8,10-11,21H,9,12-18H2,1H3,(H,27,30)(H,28,33). The second-order valence-corrected chi connectivity index (χ2v) is 8.36. The number of carbonyl (C=O) groups is 4. The van der Waals surface area contributed by atoms with Crippen molar-refractivity contribution in [3.05, 3.63) is 65.7 Å². The molecule has 0 unspecified atom stereocenters. The Kier molecular flexibility index (Phi) is 9.20. The molecule has 0 aromatic heterocycles. The van der Waals surface area contributed by atoms with Crippen LogP contribution in [0.25, 0.3) is 0 Å². The monoisotopic (exact) mass is 465 g/mol. The minimum atomic E-state index is -0.506. The fraction of sp³-hybridized carbons (Fsp3) is 0.385. The molecule has 3 amide bonds. The smallest absolute Gasteiger partial charge is 0.325 e. The molecule has 180 valence electrons. The first-order chi connectivity index (χ1) is 16.4. The van der Waals surface area contributed by atoms with Gasteiger partial charge in [0.2, 0.25) is 17.7 Å². The van der Waals surface area contributed by atoms with E-state index in [0.717, 1.165) is 17.5 Å². The molecule has 1 aliphatic heterocycles. The summed E-state index contributed by atoms with van der Waals surface area (Å²) in [4.78, 5) is 50.0. The maximum absolute atomic E-state index is 12.7. The highest BCUT2D eigenvalue weighted by Gasteiger charge is 2.27. The Morgan fingerprint density at radius 1 is 0.941 bits per heavy atom. The predicted octanol–water partition coefficient (Wildman–Crippen LogP) is 2.33. The average molecular weight is 466 g/mol. The van der Waals surface area contributed by atoms with Crippen molar-refractivity contribution in [1.82, 2.24) is 10.2 Å². The lowest BCUT2D eigenvalue weighted by Crippen LogP contribution is -2.41. The largest absolute Gasteiger partial charge is 0.468 e. The Morgan fingerprint density at radius 3 is 2.26 bits per heavy atom. The van der Waals surface area contributed by atoms with E-state index in [0.29, 0.717) is 38.0 Å². The van der Waals surface area contributed by atoms with Crippen LogP contribution in [0.3, 0.4) is 0 Å². The van der Waals surface area contributed by atoms with Crippen LogP contribution in [0.1, 0.15) is 30.4 Å². The van der Waals surface area contributed by atoms with Gasteiger partial charge < -0.3 is 20.3 Å². The molecule has 0 radical (unpaired) electrons. The number of aryl methyl sites for hydroxylation is 1. The van der Waals surface area contributed by atoms with Crippen LogP contribution in [0.4, 0.5) is 5.69 Å². The van der Waals surface area contributed by atoms with Crippen molar-refractivity contribution in [1.29, 1.82) is 0 Å². The van der Waals surface area contributed by atoms with Gasteiger partial charge in [-0.2, -0.15) is 0 Å². The van der Waals surface area contributed by atoms with Gasteiger partial charge in [-0.25, -0.2) is 0 Å². The van der Waals surface area contributed by atoms with Gasteiger partial charge in [0.25, 0.3) is 0 Å². The van der Waals surface area contributed by atoms with Gasteiger partial charge in [-0.15, -0.1) is 0 Å². The summed E-state index contributed by atoms with van der Waals surface area (Å²) in [6, 6.07) is 17.0. The molecule has 0 saturated carbocycles. The van der Waals surface area contributed by atoms with E-state index in [1.54, 1.807) is 24.3 Å². The average Bonchev–Trinajstić information content (AvgIpc) is 2.87. The highest BCUT2D eigenvalue weighted by Crippen LogP contribution is 2.21. The number of hydrogen-bond donors (Lipinski definition) is 2. The lowest BCUT2D eigenvalue weighted by molar-refractivity contribution is -0.141. The second kappa shape index (κ2) is 12.5. The van der Waals surface area contributed by atoms with E-state index in [4.69, 9.17) is 0 Å². The minimum Gasteiger partial charge on any atom is -0.468 e. The fourth-order valence-corrected chi connectivity index (χ4v) is 3.89. The van der Waals surface area contributed by atoms with Gasteiger partial charge in [0, 0.05) is 31.1 Å². The van der Waals surface area contributed by atoms with Crippen molar-refractivity contribution in [2.75, 3.05) is 32.1 Å². The molecule has 2 N–H and O–H groups in total. The second-order valence-electron chi connectivity index (χ2n) is 8.36. The van der Waals surface area contributed by atoms with Crippen molar-refractivity contribution in [2.24, 2.45) is 5.92 Å². The Bertz CT molecular complexity index is 983. The Hall–Kier alpha value is -3.68. The molecular formula is C26H31N3O5. The molecule has 2 aromatic rings. The first kappa shape index (κ1) is 25.0. The number of amides is 3. The third-order valence-electron chi connectivity index (χ3n) is 5.93. The van der Waals surface area contributed by atoms with Crippen LogP contribution in [-0.4, -0.2) is 55.3 Å². The van der Waals surface area contributed by atoms with Crippen LogP contribution >= 0.6 is 0 Å². The summed E-state index contributed by atoms with van der Waals surface area (Å²) in [5.41, 5.74) is 2.57. The summed E-state index contributed by atoms with van der Waals surface area (Å²) in [5, 5.41) is 5.41. The van der Waals surface area contributed by atoms with Crippen LogP contribution in [0.2, 0.25) is 0 Å². The molecule has 1 saturated heterocycles. The van der Waals surface area contributed by atoms with Crippen molar-refractivity contribution < 1.29 is 23.9 Å². The third kappa shape index (κ3) is 7.72. The maximum atomic E-state index is 12.7. The van der Waals surface area contributed by atoms with Crippen LogP contribution in [0.5, 0.6) is 0 Å². The molecule has 1 fully saturated rings. The number of ether oxygens (including phenoxy) is 1. The topological polar surface area (TPSA) is 105 Å². The molecular weight excluding hydrogens is 434 g/mol. The number of benzene rings is 2. The molecule has 8 nitrogen and oxygen atoms in total. The molecule has 1 aliphatic rings. The summed E-state index contributed by atoms with van der Waals surface area (Å²) in [6.45, 7) is 1.01. The zero-order valence-electron chi connectivity index (χ0n) is 19.4. The van der Waals surface area contributed by atoms with Crippen molar-refractivity contribution in [2.45, 2.75) is 32.1 Å². The number of esters is 1. The molecule has 0 spiro atoms. The van der Waals surface area contributed by atoms with Crippen LogP contribution in [-0.2, 0) is 36.8 Å². The summed E-state index contributed by atoms with van der Waals surface area (Å²) < 4.78 is 4.49. The number of rotatable bonds is 9. The molecule has 0 aliphatic carbocycles. The van der Waals surface area contributed by atoms with E-state index < -0.39 is 5.97 Å². The number of nitrogens with one attached hydrogen (secondary N) is 2. The maximum Gasteiger partial charge on any atom is 0.325 e. The number of nitrogens with zero attached hydrogens (tertiary/aromatic N) is 1. The fourth-order valence-electron chi connectivity index (χ4n) is 3.89. The molecule has 0 bridgehead atoms. The highest BCUT2D eigenvalue weighted by molar-refractivity contribution is 5.93. The molecule has 3 rings (SSSR count). The normalized spacial score (nSPS) is 13.7.